The Kier molecular flexibility index (Phi) is 5.29. The summed E-state index contributed by atoms with van der Waals surface area (Å²) in [6, 6.07) is 12.2. The molecule has 3 aromatic rings. The van der Waals surface area contributed by atoms with Crippen molar-refractivity contribution < 1.29 is 13.2 Å². The Morgan fingerprint density at radius 2 is 1.93 bits per heavy atom. The molecular weight excluding hydrogens is 424 g/mol. The van der Waals surface area contributed by atoms with E-state index in [2.05, 4.69) is 9.97 Å². The molecule has 1 amide bonds. The van der Waals surface area contributed by atoms with E-state index >= 15 is 0 Å². The lowest BCUT2D eigenvalue weighted by atomic mass is 10.1. The van der Waals surface area contributed by atoms with Gasteiger partial charge in [0.15, 0.2) is 5.03 Å². The molecule has 2 aromatic carbocycles. The number of H-pyrrole nitrogens is 1. The Hall–Kier alpha value is -2.84. The molecule has 0 atom stereocenters. The summed E-state index contributed by atoms with van der Waals surface area (Å²) in [5, 5.41) is 0.574. The Labute approximate surface area is 180 Å². The number of aryl methyl sites for hydroxylation is 1. The van der Waals surface area contributed by atoms with Crippen LogP contribution in [-0.2, 0) is 23.1 Å². The summed E-state index contributed by atoms with van der Waals surface area (Å²) in [4.78, 5) is 21.2. The number of nitrogens with zero attached hydrogens (tertiary/aromatic N) is 3. The van der Waals surface area contributed by atoms with Crippen LogP contribution in [0.2, 0.25) is 5.02 Å². The smallest absolute Gasteiger partial charge is 0.281 e. The van der Waals surface area contributed by atoms with Crippen molar-refractivity contribution in [3.8, 4) is 0 Å². The average Bonchev–Trinajstić information content (AvgIpc) is 3.31. The van der Waals surface area contributed by atoms with Gasteiger partial charge in [0.25, 0.3) is 15.9 Å². The molecular formula is C21H21ClN4O3S. The molecule has 1 aliphatic heterocycles. The number of carbonyl (C=O) groups excluding carboxylic acids is 1. The van der Waals surface area contributed by atoms with Gasteiger partial charge in [0, 0.05) is 29.2 Å². The van der Waals surface area contributed by atoms with E-state index in [9.17, 15) is 13.2 Å². The minimum atomic E-state index is -3.95. The third kappa shape index (κ3) is 3.57. The van der Waals surface area contributed by atoms with E-state index in [0.29, 0.717) is 40.8 Å². The third-order valence-electron chi connectivity index (χ3n) is 5.16. The zero-order valence-corrected chi connectivity index (χ0v) is 18.2. The molecule has 1 aliphatic rings. The van der Waals surface area contributed by atoms with Gasteiger partial charge in [-0.25, -0.2) is 4.98 Å². The van der Waals surface area contributed by atoms with E-state index in [1.807, 2.05) is 6.92 Å². The van der Waals surface area contributed by atoms with Crippen molar-refractivity contribution in [1.29, 1.82) is 0 Å². The number of hydrogen-bond donors (Lipinski definition) is 1. The number of sulfonamides is 1. The van der Waals surface area contributed by atoms with Crippen LogP contribution >= 0.6 is 11.6 Å². The van der Waals surface area contributed by atoms with Crippen LogP contribution in [0.15, 0.2) is 53.7 Å². The van der Waals surface area contributed by atoms with Crippen LogP contribution in [0.4, 0.5) is 5.69 Å². The first kappa shape index (κ1) is 20.4. The predicted molar refractivity (Wildman–Crippen MR) is 115 cm³/mol. The first-order valence-electron chi connectivity index (χ1n) is 9.51. The Balaban J connectivity index is 1.85. The van der Waals surface area contributed by atoms with Crippen molar-refractivity contribution >= 4 is 33.2 Å². The second kappa shape index (κ2) is 7.77. The molecule has 4 rings (SSSR count). The molecule has 9 heteroatoms. The van der Waals surface area contributed by atoms with Crippen molar-refractivity contribution in [2.45, 2.75) is 32.0 Å². The summed E-state index contributed by atoms with van der Waals surface area (Å²) in [7, 11) is -3.95. The molecule has 1 N–H and O–H groups in total. The number of benzene rings is 2. The summed E-state index contributed by atoms with van der Waals surface area (Å²) < 4.78 is 28.5. The lowest BCUT2D eigenvalue weighted by molar-refractivity contribution is 0.0787. The number of imidazole rings is 1. The number of carbonyl (C=O) groups is 1. The highest BCUT2D eigenvalue weighted by Crippen LogP contribution is 2.35. The van der Waals surface area contributed by atoms with Gasteiger partial charge < -0.3 is 9.88 Å². The molecule has 0 bridgehead atoms. The molecule has 30 heavy (non-hydrogen) atoms. The maximum Gasteiger partial charge on any atom is 0.281 e. The van der Waals surface area contributed by atoms with Gasteiger partial charge in [-0.1, -0.05) is 29.8 Å². The summed E-state index contributed by atoms with van der Waals surface area (Å²) in [5.41, 5.74) is 2.50. The number of rotatable bonds is 6. The Bertz CT molecular complexity index is 1210. The maximum absolute atomic E-state index is 13.6. The minimum absolute atomic E-state index is 0.00300. The molecule has 0 radical (unpaired) electrons. The number of nitrogens with one attached hydrogen (secondary N) is 1. The van der Waals surface area contributed by atoms with Crippen LogP contribution in [0.5, 0.6) is 0 Å². The Morgan fingerprint density at radius 3 is 2.57 bits per heavy atom. The van der Waals surface area contributed by atoms with Crippen LogP contribution in [0.25, 0.3) is 0 Å². The van der Waals surface area contributed by atoms with E-state index < -0.39 is 10.0 Å². The van der Waals surface area contributed by atoms with Gasteiger partial charge >= 0.3 is 0 Å². The van der Waals surface area contributed by atoms with Crippen LogP contribution in [-0.4, -0.2) is 35.7 Å². The molecule has 0 fully saturated rings. The van der Waals surface area contributed by atoms with Gasteiger partial charge in [-0.05, 0) is 43.7 Å². The van der Waals surface area contributed by atoms with E-state index in [1.54, 1.807) is 54.3 Å². The average molecular weight is 445 g/mol. The highest BCUT2D eigenvalue weighted by molar-refractivity contribution is 7.92. The van der Waals surface area contributed by atoms with E-state index in [0.717, 1.165) is 5.56 Å². The van der Waals surface area contributed by atoms with Crippen molar-refractivity contribution in [2.24, 2.45) is 0 Å². The molecule has 2 heterocycles. The molecule has 1 aromatic heterocycles. The lowest BCUT2D eigenvalue weighted by Crippen LogP contribution is -2.32. The molecule has 0 spiro atoms. The SMILES string of the molecule is CCN1Cc2c(cccc2N(Cc2ccc(Cl)cc2)S(=O)(=O)c2cnc(C)[nH]2)C1=O. The Morgan fingerprint density at radius 1 is 1.20 bits per heavy atom. The van der Waals surface area contributed by atoms with Crippen LogP contribution < -0.4 is 4.31 Å². The fourth-order valence-electron chi connectivity index (χ4n) is 3.57. The third-order valence-corrected chi connectivity index (χ3v) is 7.08. The van der Waals surface area contributed by atoms with Gasteiger partial charge in [0.2, 0.25) is 0 Å². The summed E-state index contributed by atoms with van der Waals surface area (Å²) in [6.07, 6.45) is 1.31. The highest BCUT2D eigenvalue weighted by Gasteiger charge is 2.34. The molecule has 0 saturated carbocycles. The largest absolute Gasteiger partial charge is 0.334 e. The maximum atomic E-state index is 13.6. The fraction of sp³-hybridized carbons (Fsp3) is 0.238. The van der Waals surface area contributed by atoms with Gasteiger partial charge in [-0.3, -0.25) is 9.10 Å². The number of anilines is 1. The van der Waals surface area contributed by atoms with E-state index in [1.165, 1.54) is 10.5 Å². The summed E-state index contributed by atoms with van der Waals surface area (Å²) >= 11 is 5.99. The predicted octanol–water partition coefficient (Wildman–Crippen LogP) is 3.74. The van der Waals surface area contributed by atoms with Gasteiger partial charge in [0.05, 0.1) is 18.4 Å². The van der Waals surface area contributed by atoms with Crippen molar-refractivity contribution in [1.82, 2.24) is 14.9 Å². The van der Waals surface area contributed by atoms with E-state index in [-0.39, 0.29) is 17.5 Å². The zero-order valence-electron chi connectivity index (χ0n) is 16.6. The van der Waals surface area contributed by atoms with Gasteiger partial charge in [-0.2, -0.15) is 8.42 Å². The quantitative estimate of drug-likeness (QED) is 0.627. The summed E-state index contributed by atoms with van der Waals surface area (Å²) in [5.74, 6) is 0.418. The normalized spacial score (nSPS) is 13.6. The zero-order chi connectivity index (χ0) is 21.5. The number of amides is 1. The molecule has 7 nitrogen and oxygen atoms in total. The summed E-state index contributed by atoms with van der Waals surface area (Å²) in [6.45, 7) is 4.61. The first-order valence-corrected chi connectivity index (χ1v) is 11.3. The highest BCUT2D eigenvalue weighted by atomic mass is 35.5. The molecule has 0 aliphatic carbocycles. The topological polar surface area (TPSA) is 86.4 Å². The number of aromatic nitrogens is 2. The van der Waals surface area contributed by atoms with E-state index in [4.69, 9.17) is 11.6 Å². The molecule has 156 valence electrons. The second-order valence-corrected chi connectivity index (χ2v) is 9.36. The second-order valence-electron chi connectivity index (χ2n) is 7.09. The fourth-order valence-corrected chi connectivity index (χ4v) is 5.14. The molecule has 0 unspecified atom stereocenters. The standard InChI is InChI=1S/C21H21ClN4O3S/c1-3-25-13-18-17(21(25)27)5-4-6-19(18)26(12-15-7-9-16(22)10-8-15)30(28,29)20-11-23-14(2)24-20/h4-11H,3,12-13H2,1-2H3,(H,23,24). The van der Waals surface area contributed by atoms with Gasteiger partial charge in [0.1, 0.15) is 5.82 Å². The molecule has 0 saturated heterocycles. The van der Waals surface area contributed by atoms with Crippen molar-refractivity contribution in [3.63, 3.8) is 0 Å². The van der Waals surface area contributed by atoms with Crippen LogP contribution in [0.1, 0.15) is 34.2 Å². The minimum Gasteiger partial charge on any atom is -0.334 e. The van der Waals surface area contributed by atoms with Crippen molar-refractivity contribution in [3.05, 3.63) is 76.2 Å². The van der Waals surface area contributed by atoms with Gasteiger partial charge in [-0.15, -0.1) is 0 Å². The number of halogens is 1. The van der Waals surface area contributed by atoms with Crippen LogP contribution in [0.3, 0.4) is 0 Å². The number of aromatic amines is 1. The van der Waals surface area contributed by atoms with Crippen molar-refractivity contribution in [2.75, 3.05) is 10.8 Å². The van der Waals surface area contributed by atoms with Crippen LogP contribution in [0, 0.1) is 6.92 Å². The lowest BCUT2D eigenvalue weighted by Gasteiger charge is -2.26. The number of hydrogen-bond acceptors (Lipinski definition) is 4. The first-order chi connectivity index (χ1) is 14.3. The number of fused-ring (bicyclic) bond motifs is 1. The monoisotopic (exact) mass is 444 g/mol.